The molecule has 0 aliphatic carbocycles. The molecular formula is C15H23N3O2S. The van der Waals surface area contributed by atoms with Gasteiger partial charge in [-0.25, -0.2) is 0 Å². The zero-order valence-electron chi connectivity index (χ0n) is 12.9. The van der Waals surface area contributed by atoms with Crippen molar-refractivity contribution in [1.29, 1.82) is 0 Å². The van der Waals surface area contributed by atoms with Crippen LogP contribution in [0.1, 0.15) is 42.4 Å². The minimum Gasteiger partial charge on any atom is -0.380 e. The van der Waals surface area contributed by atoms with Gasteiger partial charge in [0.25, 0.3) is 5.91 Å². The van der Waals surface area contributed by atoms with Gasteiger partial charge in [-0.15, -0.1) is 0 Å². The Labute approximate surface area is 130 Å². The van der Waals surface area contributed by atoms with E-state index in [1.165, 1.54) is 0 Å². The van der Waals surface area contributed by atoms with E-state index in [1.54, 1.807) is 0 Å². The van der Waals surface area contributed by atoms with Crippen molar-refractivity contribution in [3.63, 3.8) is 0 Å². The lowest BCUT2D eigenvalue weighted by Gasteiger charge is -2.43. The fourth-order valence-corrected chi connectivity index (χ4v) is 4.51. The lowest BCUT2D eigenvalue weighted by molar-refractivity contribution is 0.0315. The van der Waals surface area contributed by atoms with Crippen LogP contribution >= 0.6 is 11.8 Å². The van der Waals surface area contributed by atoms with E-state index < -0.39 is 0 Å². The normalized spacial score (nSPS) is 26.0. The maximum absolute atomic E-state index is 12.8. The first kappa shape index (κ1) is 14.9. The number of hydrogen-bond donors (Lipinski definition) is 0. The molecule has 2 fully saturated rings. The number of carbonyl (C=O) groups excluding carboxylic acids is 1. The van der Waals surface area contributed by atoms with Gasteiger partial charge < -0.3 is 9.64 Å². The number of thioether (sulfide) groups is 1. The van der Waals surface area contributed by atoms with E-state index >= 15 is 0 Å². The molecular weight excluding hydrogens is 286 g/mol. The number of rotatable bonds is 2. The molecule has 2 aliphatic heterocycles. The van der Waals surface area contributed by atoms with Crippen LogP contribution < -0.4 is 0 Å². The molecule has 0 radical (unpaired) electrons. The molecule has 1 aromatic heterocycles. The molecule has 116 valence electrons. The van der Waals surface area contributed by atoms with Crippen LogP contribution in [-0.4, -0.2) is 57.4 Å². The van der Waals surface area contributed by atoms with Crippen molar-refractivity contribution in [2.75, 3.05) is 25.5 Å². The van der Waals surface area contributed by atoms with E-state index in [0.717, 1.165) is 37.6 Å². The van der Waals surface area contributed by atoms with Crippen molar-refractivity contribution >= 4 is 17.7 Å². The Hall–Kier alpha value is -1.01. The van der Waals surface area contributed by atoms with Gasteiger partial charge in [-0.3, -0.25) is 9.48 Å². The van der Waals surface area contributed by atoms with Gasteiger partial charge in [0.1, 0.15) is 0 Å². The van der Waals surface area contributed by atoms with Crippen LogP contribution in [0.25, 0.3) is 0 Å². The number of hydrogen-bond acceptors (Lipinski definition) is 4. The highest BCUT2D eigenvalue weighted by Crippen LogP contribution is 2.31. The Morgan fingerprint density at radius 1 is 1.52 bits per heavy atom. The standard InChI is InChI=1S/C15H23N3O2S/c1-10(2)13-8-11(16-17(13)3)15(19)18-5-7-21-14-9-20-6-4-12(14)18/h8,10,12,14H,4-7,9H2,1-3H3/t12-,14+/m0/s1. The molecule has 1 aromatic rings. The summed E-state index contributed by atoms with van der Waals surface area (Å²) in [5.74, 6) is 1.44. The minimum absolute atomic E-state index is 0.0784. The van der Waals surface area contributed by atoms with Gasteiger partial charge >= 0.3 is 0 Å². The van der Waals surface area contributed by atoms with Gasteiger partial charge in [0, 0.05) is 42.9 Å². The average Bonchev–Trinajstić information content (AvgIpc) is 2.88. The summed E-state index contributed by atoms with van der Waals surface area (Å²) in [6, 6.07) is 2.25. The summed E-state index contributed by atoms with van der Waals surface area (Å²) in [5, 5.41) is 4.85. The third-order valence-corrected chi connectivity index (χ3v) is 5.62. The van der Waals surface area contributed by atoms with Crippen LogP contribution in [0, 0.1) is 0 Å². The Morgan fingerprint density at radius 2 is 2.33 bits per heavy atom. The zero-order valence-corrected chi connectivity index (χ0v) is 13.7. The Morgan fingerprint density at radius 3 is 3.05 bits per heavy atom. The Bertz CT molecular complexity index is 527. The first-order valence-electron chi connectivity index (χ1n) is 7.62. The van der Waals surface area contributed by atoms with Crippen molar-refractivity contribution in [2.45, 2.75) is 37.5 Å². The summed E-state index contributed by atoms with van der Waals surface area (Å²) in [6.45, 7) is 6.58. The molecule has 0 saturated carbocycles. The van der Waals surface area contributed by atoms with Gasteiger partial charge in [0.05, 0.1) is 6.61 Å². The van der Waals surface area contributed by atoms with Crippen molar-refractivity contribution < 1.29 is 9.53 Å². The quantitative estimate of drug-likeness (QED) is 0.837. The number of aryl methyl sites for hydroxylation is 1. The van der Waals surface area contributed by atoms with Gasteiger partial charge in [-0.2, -0.15) is 16.9 Å². The molecule has 0 bridgehead atoms. The Balaban J connectivity index is 1.82. The van der Waals surface area contributed by atoms with Gasteiger partial charge in [-0.05, 0) is 18.4 Å². The SMILES string of the molecule is CC(C)c1cc(C(=O)N2CCS[C@@H]3COCC[C@@H]32)nn1C. The highest BCUT2D eigenvalue weighted by atomic mass is 32.2. The number of aromatic nitrogens is 2. The monoisotopic (exact) mass is 309 g/mol. The molecule has 2 saturated heterocycles. The van der Waals surface area contributed by atoms with Crippen molar-refractivity contribution in [1.82, 2.24) is 14.7 Å². The van der Waals surface area contributed by atoms with Crippen LogP contribution in [0.2, 0.25) is 0 Å². The Kier molecular flexibility index (Phi) is 4.26. The first-order chi connectivity index (χ1) is 10.1. The fraction of sp³-hybridized carbons (Fsp3) is 0.733. The van der Waals surface area contributed by atoms with E-state index in [2.05, 4.69) is 18.9 Å². The third-order valence-electron chi connectivity index (χ3n) is 4.32. The molecule has 2 atom stereocenters. The maximum atomic E-state index is 12.8. The highest BCUT2D eigenvalue weighted by molar-refractivity contribution is 8.00. The first-order valence-corrected chi connectivity index (χ1v) is 8.67. The lowest BCUT2D eigenvalue weighted by atomic mass is 10.1. The molecule has 3 rings (SSSR count). The van der Waals surface area contributed by atoms with Crippen LogP contribution in [0.3, 0.4) is 0 Å². The third kappa shape index (κ3) is 2.83. The molecule has 0 aromatic carbocycles. The number of amides is 1. The van der Waals surface area contributed by atoms with Crippen molar-refractivity contribution in [2.24, 2.45) is 7.05 Å². The van der Waals surface area contributed by atoms with Crippen LogP contribution in [0.5, 0.6) is 0 Å². The second-order valence-corrected chi connectivity index (χ2v) is 7.42. The van der Waals surface area contributed by atoms with Gasteiger partial charge in [0.15, 0.2) is 5.69 Å². The molecule has 2 aliphatic rings. The van der Waals surface area contributed by atoms with Gasteiger partial charge in [0.2, 0.25) is 0 Å². The molecule has 0 spiro atoms. The average molecular weight is 309 g/mol. The number of nitrogens with zero attached hydrogens (tertiary/aromatic N) is 3. The number of carbonyl (C=O) groups is 1. The van der Waals surface area contributed by atoms with Gasteiger partial charge in [-0.1, -0.05) is 13.8 Å². The van der Waals surface area contributed by atoms with E-state index in [4.69, 9.17) is 4.74 Å². The van der Waals surface area contributed by atoms with E-state index in [0.29, 0.717) is 22.9 Å². The molecule has 6 heteroatoms. The largest absolute Gasteiger partial charge is 0.380 e. The second-order valence-electron chi connectivity index (χ2n) is 6.07. The summed E-state index contributed by atoms with van der Waals surface area (Å²) in [6.07, 6.45) is 0.938. The predicted octanol–water partition coefficient (Wildman–Crippen LogP) is 1.89. The fourth-order valence-electron chi connectivity index (χ4n) is 3.21. The summed E-state index contributed by atoms with van der Waals surface area (Å²) in [4.78, 5) is 14.9. The lowest BCUT2D eigenvalue weighted by Crippen LogP contribution is -2.54. The molecule has 0 unspecified atom stereocenters. The maximum Gasteiger partial charge on any atom is 0.274 e. The second kappa shape index (κ2) is 6.01. The summed E-state index contributed by atoms with van der Waals surface area (Å²) in [5.41, 5.74) is 1.69. The molecule has 3 heterocycles. The van der Waals surface area contributed by atoms with E-state index in [-0.39, 0.29) is 5.91 Å². The highest BCUT2D eigenvalue weighted by Gasteiger charge is 2.38. The topological polar surface area (TPSA) is 47.4 Å². The molecule has 0 N–H and O–H groups in total. The summed E-state index contributed by atoms with van der Waals surface area (Å²) in [7, 11) is 1.91. The smallest absolute Gasteiger partial charge is 0.274 e. The molecule has 5 nitrogen and oxygen atoms in total. The molecule has 21 heavy (non-hydrogen) atoms. The number of fused-ring (bicyclic) bond motifs is 1. The van der Waals surface area contributed by atoms with Crippen LogP contribution in [-0.2, 0) is 11.8 Å². The predicted molar refractivity (Wildman–Crippen MR) is 83.8 cm³/mol. The van der Waals surface area contributed by atoms with Crippen molar-refractivity contribution in [3.05, 3.63) is 17.5 Å². The molecule has 1 amide bonds. The summed E-state index contributed by atoms with van der Waals surface area (Å²) < 4.78 is 7.38. The zero-order chi connectivity index (χ0) is 15.0. The van der Waals surface area contributed by atoms with Crippen molar-refractivity contribution in [3.8, 4) is 0 Å². The van der Waals surface area contributed by atoms with E-state index in [1.807, 2.05) is 34.5 Å². The van der Waals surface area contributed by atoms with Crippen LogP contribution in [0.4, 0.5) is 0 Å². The minimum atomic E-state index is 0.0784. The summed E-state index contributed by atoms with van der Waals surface area (Å²) >= 11 is 1.93. The number of ether oxygens (including phenoxy) is 1. The van der Waals surface area contributed by atoms with E-state index in [9.17, 15) is 4.79 Å². The van der Waals surface area contributed by atoms with Crippen LogP contribution in [0.15, 0.2) is 6.07 Å².